The topological polar surface area (TPSA) is 351 Å². The summed E-state index contributed by atoms with van der Waals surface area (Å²) in [6.45, 7) is 6.05. The number of hydroxylamine groups is 2. The van der Waals surface area contributed by atoms with Crippen molar-refractivity contribution in [3.05, 3.63) is 95.7 Å². The lowest BCUT2D eigenvalue weighted by atomic mass is 9.74. The summed E-state index contributed by atoms with van der Waals surface area (Å²) < 4.78 is 184. The molecule has 0 spiro atoms. The second kappa shape index (κ2) is 21.8. The highest BCUT2D eigenvalue weighted by Gasteiger charge is 2.49. The minimum Gasteiger partial charge on any atom is -0.385 e. The molecular formula is C49H56N3O20S5+. The molecule has 77 heavy (non-hydrogen) atoms. The molecule has 23 nitrogen and oxygen atoms in total. The summed E-state index contributed by atoms with van der Waals surface area (Å²) in [5, 5.41) is 0.367. The summed E-state index contributed by atoms with van der Waals surface area (Å²) in [6.07, 6.45) is 9.00. The van der Waals surface area contributed by atoms with Crippen LogP contribution in [0.1, 0.15) is 89.7 Å². The van der Waals surface area contributed by atoms with E-state index < -0.39 is 105 Å². The van der Waals surface area contributed by atoms with Crippen molar-refractivity contribution in [3.8, 4) is 0 Å². The van der Waals surface area contributed by atoms with Gasteiger partial charge in [0.15, 0.2) is 5.71 Å². The van der Waals surface area contributed by atoms with Crippen LogP contribution in [0.15, 0.2) is 104 Å². The number of amides is 2. The minimum atomic E-state index is -5.16. The van der Waals surface area contributed by atoms with Crippen molar-refractivity contribution >= 4 is 107 Å². The summed E-state index contributed by atoms with van der Waals surface area (Å²) in [5.74, 6) is -2.81. The van der Waals surface area contributed by atoms with E-state index in [1.54, 1.807) is 43.4 Å². The first-order chi connectivity index (χ1) is 35.8. The number of likely N-dealkylation sites (N-methyl/N-ethyl adjacent to an activating group) is 1. The van der Waals surface area contributed by atoms with Crippen LogP contribution in [-0.2, 0) is 85.4 Å². The number of hydrogen-bond acceptors (Lipinski definition) is 16. The average Bonchev–Trinajstić information content (AvgIpc) is 3.89. The van der Waals surface area contributed by atoms with Crippen LogP contribution < -0.4 is 4.90 Å². The lowest BCUT2D eigenvalue weighted by Gasteiger charge is -2.30. The Bertz CT molecular complexity index is 3840. The van der Waals surface area contributed by atoms with E-state index in [2.05, 4.69) is 0 Å². The summed E-state index contributed by atoms with van der Waals surface area (Å²) in [6, 6.07) is 9.38. The number of methoxy groups -OCH3 is 1. The first-order valence-corrected chi connectivity index (χ1v) is 31.2. The quantitative estimate of drug-likeness (QED) is 0.0198. The third-order valence-corrected chi connectivity index (χ3v) is 18.3. The number of carbonyl (C=O) groups excluding carboxylic acids is 3. The van der Waals surface area contributed by atoms with Gasteiger partial charge in [0.05, 0.1) is 21.0 Å². The number of rotatable bonds is 22. The van der Waals surface area contributed by atoms with Crippen LogP contribution >= 0.6 is 0 Å². The zero-order valence-corrected chi connectivity index (χ0v) is 46.0. The van der Waals surface area contributed by atoms with Crippen molar-refractivity contribution in [1.29, 1.82) is 0 Å². The Morgan fingerprint density at radius 3 is 1.78 bits per heavy atom. The molecule has 4 aromatic carbocycles. The van der Waals surface area contributed by atoms with E-state index in [9.17, 15) is 79.2 Å². The fraction of sp³-hybridized carbons (Fsp3) is 0.388. The van der Waals surface area contributed by atoms with E-state index in [1.165, 1.54) is 25.3 Å². The maximum atomic E-state index is 12.8. The molecule has 2 atom stereocenters. The van der Waals surface area contributed by atoms with Crippen LogP contribution in [0.2, 0.25) is 0 Å². The minimum absolute atomic E-state index is 0.0107. The van der Waals surface area contributed by atoms with E-state index >= 15 is 0 Å². The number of anilines is 1. The second-order valence-corrected chi connectivity index (χ2v) is 26.3. The third kappa shape index (κ3) is 12.1. The molecule has 2 unspecified atom stereocenters. The van der Waals surface area contributed by atoms with Gasteiger partial charge >= 0.3 is 5.97 Å². The molecule has 2 amide bonds. The number of unbranched alkanes of at least 4 members (excludes halogenated alkanes) is 2. The predicted octanol–water partition coefficient (Wildman–Crippen LogP) is 6.00. The normalized spacial score (nSPS) is 20.0. The van der Waals surface area contributed by atoms with Gasteiger partial charge in [0, 0.05) is 91.2 Å². The molecule has 1 saturated heterocycles. The Kier molecular flexibility index (Phi) is 16.7. The highest BCUT2D eigenvalue weighted by Crippen LogP contribution is 2.54. The first kappa shape index (κ1) is 58.9. The summed E-state index contributed by atoms with van der Waals surface area (Å²) in [5.41, 5.74) is 0.388. The van der Waals surface area contributed by atoms with Crippen LogP contribution in [0.3, 0.4) is 0 Å². The molecule has 0 saturated carbocycles. The average molecular weight is 1170 g/mol. The third-order valence-electron chi connectivity index (χ3n) is 14.0. The number of hydrogen-bond donors (Lipinski definition) is 5. The Balaban J connectivity index is 1.35. The molecule has 7 rings (SSSR count). The lowest BCUT2D eigenvalue weighted by Crippen LogP contribution is -2.32. The highest BCUT2D eigenvalue weighted by atomic mass is 32.2. The number of nitrogens with zero attached hydrogens (tertiary/aromatic N) is 3. The van der Waals surface area contributed by atoms with Crippen molar-refractivity contribution in [2.24, 2.45) is 0 Å². The molecule has 0 radical (unpaired) electrons. The van der Waals surface area contributed by atoms with E-state index in [1.807, 2.05) is 23.3 Å². The molecule has 0 bridgehead atoms. The standard InChI is InChI=1S/C49H55N3O20S5/c1-5-50-37-18-16-33-35(27-31(74(59,60)61)29-39(33)76(65,66)67)46(37)49(3,23-25-71-4)41(50)13-8-6-9-14-42-48(2,22-12-26-73(56,57)58)47-36-28-32(75(62,63)64)30-40(77(68,69)70)34(36)17-19-38(47)51(42)24-11-7-10-15-45(55)72-52-43(53)20-21-44(52)54/h6,8-9,13-14,16-19,27-30H,5,7,10-12,15,20-26H2,1-4H3,(H4-,56,57,58,59,60,61,62,63,64,65,66,67,68,69,70)/p+1. The molecule has 416 valence electrons. The van der Waals surface area contributed by atoms with Gasteiger partial charge in [-0.2, -0.15) is 46.7 Å². The Labute approximate surface area is 445 Å². The van der Waals surface area contributed by atoms with Crippen molar-refractivity contribution in [3.63, 3.8) is 0 Å². The Hall–Kier alpha value is -5.79. The van der Waals surface area contributed by atoms with Gasteiger partial charge in [0.25, 0.3) is 62.4 Å². The van der Waals surface area contributed by atoms with Crippen molar-refractivity contribution in [1.82, 2.24) is 5.06 Å². The van der Waals surface area contributed by atoms with Crippen molar-refractivity contribution in [2.45, 2.75) is 109 Å². The number of imide groups is 1. The molecule has 4 aromatic rings. The van der Waals surface area contributed by atoms with Gasteiger partial charge in [-0.15, -0.1) is 5.06 Å². The maximum absolute atomic E-state index is 12.8. The van der Waals surface area contributed by atoms with Gasteiger partial charge in [-0.3, -0.25) is 32.4 Å². The molecule has 0 aliphatic carbocycles. The SMILES string of the molecule is CCN1C(=CC=CC=CC2=[N+](CCCCCC(=O)ON3C(=O)CCC3=O)c3ccc4c(S(=O)(=O)O)cc(S(=O)(=O)O)cc4c3C2(C)CCCS(=O)(=O)O)C(C)(CCOC)c2c1ccc1c(S(=O)(=O)O)cc(S(=O)(=O)O)cc21. The number of benzene rings is 4. The Morgan fingerprint density at radius 2 is 1.25 bits per heavy atom. The van der Waals surface area contributed by atoms with Crippen LogP contribution in [0, 0.1) is 0 Å². The summed E-state index contributed by atoms with van der Waals surface area (Å²) in [4.78, 5) is 40.3. The molecule has 5 N–H and O–H groups in total. The number of fused-ring (bicyclic) bond motifs is 6. The summed E-state index contributed by atoms with van der Waals surface area (Å²) >= 11 is 0. The number of carbonyl (C=O) groups is 3. The van der Waals surface area contributed by atoms with Crippen LogP contribution in [-0.4, -0.2) is 131 Å². The molecule has 28 heteroatoms. The molecule has 3 heterocycles. The maximum Gasteiger partial charge on any atom is 0.333 e. The number of ether oxygens (including phenoxy) is 1. The first-order valence-electron chi connectivity index (χ1n) is 23.9. The van der Waals surface area contributed by atoms with E-state index in [4.69, 9.17) is 9.57 Å². The molecule has 3 aliphatic heterocycles. The molecular weight excluding hydrogens is 1110 g/mol. The van der Waals surface area contributed by atoms with Crippen LogP contribution in [0.25, 0.3) is 21.5 Å². The molecule has 3 aliphatic rings. The predicted molar refractivity (Wildman–Crippen MR) is 279 cm³/mol. The van der Waals surface area contributed by atoms with Gasteiger partial charge in [0.2, 0.25) is 5.69 Å². The summed E-state index contributed by atoms with van der Waals surface area (Å²) in [7, 11) is -23.4. The van der Waals surface area contributed by atoms with E-state index in [-0.39, 0.29) is 85.2 Å². The lowest BCUT2D eigenvalue weighted by molar-refractivity contribution is -0.438. The monoisotopic (exact) mass is 1170 g/mol. The van der Waals surface area contributed by atoms with Crippen LogP contribution in [0.4, 0.5) is 11.4 Å². The zero-order chi connectivity index (χ0) is 56.8. The second-order valence-electron chi connectivity index (χ2n) is 19.1. The fourth-order valence-corrected chi connectivity index (χ4v) is 13.8. The molecule has 0 aromatic heterocycles. The number of allylic oxidation sites excluding steroid dienone is 6. The van der Waals surface area contributed by atoms with Gasteiger partial charge in [-0.1, -0.05) is 24.3 Å². The smallest absolute Gasteiger partial charge is 0.333 e. The van der Waals surface area contributed by atoms with Gasteiger partial charge in [-0.05, 0) is 112 Å². The van der Waals surface area contributed by atoms with Gasteiger partial charge in [-0.25, -0.2) is 4.79 Å². The van der Waals surface area contributed by atoms with E-state index in [0.717, 1.165) is 12.1 Å². The van der Waals surface area contributed by atoms with E-state index in [0.29, 0.717) is 64.9 Å². The highest BCUT2D eigenvalue weighted by molar-refractivity contribution is 7.87. The zero-order valence-electron chi connectivity index (χ0n) is 41.9. The van der Waals surface area contributed by atoms with Gasteiger partial charge in [0.1, 0.15) is 16.3 Å². The largest absolute Gasteiger partial charge is 0.385 e. The Morgan fingerprint density at radius 1 is 0.675 bits per heavy atom. The fourth-order valence-electron chi connectivity index (χ4n) is 10.6. The van der Waals surface area contributed by atoms with Crippen molar-refractivity contribution in [2.75, 3.05) is 37.5 Å². The molecule has 1 fully saturated rings. The van der Waals surface area contributed by atoms with Crippen molar-refractivity contribution < 1.29 is 93.4 Å². The van der Waals surface area contributed by atoms with Gasteiger partial charge < -0.3 is 14.5 Å². The van der Waals surface area contributed by atoms with Crippen LogP contribution in [0.5, 0.6) is 0 Å².